The summed E-state index contributed by atoms with van der Waals surface area (Å²) in [4.78, 5) is 11.7. The van der Waals surface area contributed by atoms with Crippen LogP contribution in [0.5, 0.6) is 0 Å². The minimum absolute atomic E-state index is 0.0620. The molecule has 1 saturated carbocycles. The van der Waals surface area contributed by atoms with Crippen LogP contribution < -0.4 is 5.32 Å². The van der Waals surface area contributed by atoms with Gasteiger partial charge in [0.15, 0.2) is 0 Å². The van der Waals surface area contributed by atoms with Crippen molar-refractivity contribution in [3.8, 4) is 0 Å². The van der Waals surface area contributed by atoms with Gasteiger partial charge in [0, 0.05) is 6.42 Å². The van der Waals surface area contributed by atoms with Crippen molar-refractivity contribution in [3.05, 3.63) is 35.9 Å². The van der Waals surface area contributed by atoms with E-state index in [4.69, 9.17) is 0 Å². The predicted molar refractivity (Wildman–Crippen MR) is 65.0 cm³/mol. The maximum Gasteiger partial charge on any atom is 0.220 e. The smallest absolute Gasteiger partial charge is 0.220 e. The van der Waals surface area contributed by atoms with E-state index in [9.17, 15) is 4.79 Å². The Hall–Kier alpha value is -1.31. The molecule has 86 valence electrons. The second-order valence-corrected chi connectivity index (χ2v) is 4.60. The fraction of sp³-hybridized carbons (Fsp3) is 0.500. The van der Waals surface area contributed by atoms with Crippen molar-refractivity contribution in [2.75, 3.05) is 0 Å². The average Bonchev–Trinajstić information content (AvgIpc) is 2.25. The molecule has 0 atom stereocenters. The van der Waals surface area contributed by atoms with Gasteiger partial charge in [0.1, 0.15) is 0 Å². The van der Waals surface area contributed by atoms with Crippen LogP contribution in [0.15, 0.2) is 30.3 Å². The topological polar surface area (TPSA) is 29.1 Å². The Morgan fingerprint density at radius 1 is 1.31 bits per heavy atom. The van der Waals surface area contributed by atoms with E-state index in [1.807, 2.05) is 25.1 Å². The van der Waals surface area contributed by atoms with E-state index in [0.29, 0.717) is 6.42 Å². The molecule has 2 heteroatoms. The van der Waals surface area contributed by atoms with E-state index < -0.39 is 0 Å². The molecular formula is C14H19NO. The molecule has 0 saturated heterocycles. The van der Waals surface area contributed by atoms with E-state index in [-0.39, 0.29) is 11.4 Å². The first-order valence-corrected chi connectivity index (χ1v) is 6.13. The molecule has 0 aromatic heterocycles. The van der Waals surface area contributed by atoms with Crippen molar-refractivity contribution >= 4 is 5.91 Å². The SMILES string of the molecule is CCCC(=O)NC1(c2ccccc2)CCC1. The lowest BCUT2D eigenvalue weighted by atomic mass is 9.71. The van der Waals surface area contributed by atoms with Crippen LogP contribution in [-0.2, 0) is 10.3 Å². The number of amides is 1. The Labute approximate surface area is 97.1 Å². The molecule has 0 radical (unpaired) electrons. The van der Waals surface area contributed by atoms with Crippen molar-refractivity contribution in [2.45, 2.75) is 44.6 Å². The Morgan fingerprint density at radius 3 is 2.50 bits per heavy atom. The first-order chi connectivity index (χ1) is 7.77. The standard InChI is InChI=1S/C14H19NO/c1-2-7-13(16)15-14(10-6-11-14)12-8-4-3-5-9-12/h3-5,8-9H,2,6-7,10-11H2,1H3,(H,15,16). The van der Waals surface area contributed by atoms with Crippen molar-refractivity contribution in [2.24, 2.45) is 0 Å². The number of carbonyl (C=O) groups excluding carboxylic acids is 1. The van der Waals surface area contributed by atoms with Crippen LogP contribution in [0, 0.1) is 0 Å². The Morgan fingerprint density at radius 2 is 2.00 bits per heavy atom. The van der Waals surface area contributed by atoms with Crippen molar-refractivity contribution in [1.82, 2.24) is 5.32 Å². The van der Waals surface area contributed by atoms with E-state index in [0.717, 1.165) is 19.3 Å². The van der Waals surface area contributed by atoms with Gasteiger partial charge < -0.3 is 5.32 Å². The monoisotopic (exact) mass is 217 g/mol. The first-order valence-electron chi connectivity index (χ1n) is 6.13. The molecule has 0 aliphatic heterocycles. The largest absolute Gasteiger partial charge is 0.347 e. The zero-order chi connectivity index (χ0) is 11.4. The van der Waals surface area contributed by atoms with Crippen LogP contribution in [0.1, 0.15) is 44.6 Å². The number of hydrogen-bond donors (Lipinski definition) is 1. The molecular weight excluding hydrogens is 198 g/mol. The quantitative estimate of drug-likeness (QED) is 0.825. The molecule has 1 N–H and O–H groups in total. The fourth-order valence-corrected chi connectivity index (χ4v) is 2.33. The van der Waals surface area contributed by atoms with Crippen molar-refractivity contribution in [3.63, 3.8) is 0 Å². The van der Waals surface area contributed by atoms with Crippen LogP contribution >= 0.6 is 0 Å². The normalized spacial score (nSPS) is 17.6. The highest BCUT2D eigenvalue weighted by atomic mass is 16.1. The molecule has 1 aliphatic carbocycles. The van der Waals surface area contributed by atoms with Crippen LogP contribution in [-0.4, -0.2) is 5.91 Å². The number of carbonyl (C=O) groups is 1. The zero-order valence-electron chi connectivity index (χ0n) is 9.83. The van der Waals surface area contributed by atoms with Gasteiger partial charge in [-0.3, -0.25) is 4.79 Å². The number of hydrogen-bond acceptors (Lipinski definition) is 1. The van der Waals surface area contributed by atoms with Gasteiger partial charge in [-0.15, -0.1) is 0 Å². The van der Waals surface area contributed by atoms with E-state index in [1.165, 1.54) is 12.0 Å². The van der Waals surface area contributed by atoms with Gasteiger partial charge in [0.05, 0.1) is 5.54 Å². The second kappa shape index (κ2) is 4.69. The highest BCUT2D eigenvalue weighted by molar-refractivity contribution is 5.77. The Balaban J connectivity index is 2.11. The number of rotatable bonds is 4. The average molecular weight is 217 g/mol. The third-order valence-corrected chi connectivity index (χ3v) is 3.39. The summed E-state index contributed by atoms with van der Waals surface area (Å²) in [5, 5.41) is 3.21. The Bertz CT molecular complexity index is 354. The molecule has 1 fully saturated rings. The molecule has 2 nitrogen and oxygen atoms in total. The van der Waals surface area contributed by atoms with Gasteiger partial charge >= 0.3 is 0 Å². The summed E-state index contributed by atoms with van der Waals surface area (Å²) in [5.41, 5.74) is 1.19. The van der Waals surface area contributed by atoms with E-state index >= 15 is 0 Å². The fourth-order valence-electron chi connectivity index (χ4n) is 2.33. The summed E-state index contributed by atoms with van der Waals surface area (Å²) in [5.74, 6) is 0.186. The molecule has 1 aliphatic rings. The summed E-state index contributed by atoms with van der Waals surface area (Å²) >= 11 is 0. The van der Waals surface area contributed by atoms with Gasteiger partial charge in [0.2, 0.25) is 5.91 Å². The minimum Gasteiger partial charge on any atom is -0.347 e. The molecule has 1 aromatic rings. The van der Waals surface area contributed by atoms with Gasteiger partial charge in [-0.05, 0) is 31.2 Å². The summed E-state index contributed by atoms with van der Waals surface area (Å²) in [6.07, 6.45) is 4.91. The summed E-state index contributed by atoms with van der Waals surface area (Å²) in [7, 11) is 0. The molecule has 2 rings (SSSR count). The van der Waals surface area contributed by atoms with Crippen LogP contribution in [0.3, 0.4) is 0 Å². The maximum absolute atomic E-state index is 11.7. The number of nitrogens with one attached hydrogen (secondary N) is 1. The lowest BCUT2D eigenvalue weighted by Gasteiger charge is -2.43. The Kier molecular flexibility index (Phi) is 3.28. The van der Waals surface area contributed by atoms with Crippen molar-refractivity contribution < 1.29 is 4.79 Å². The van der Waals surface area contributed by atoms with Crippen LogP contribution in [0.2, 0.25) is 0 Å². The molecule has 0 unspecified atom stereocenters. The third-order valence-electron chi connectivity index (χ3n) is 3.39. The van der Waals surface area contributed by atoms with Gasteiger partial charge in [0.25, 0.3) is 0 Å². The minimum atomic E-state index is -0.0620. The zero-order valence-corrected chi connectivity index (χ0v) is 9.83. The van der Waals surface area contributed by atoms with Gasteiger partial charge in [-0.1, -0.05) is 37.3 Å². The van der Waals surface area contributed by atoms with Crippen LogP contribution in [0.4, 0.5) is 0 Å². The number of benzene rings is 1. The van der Waals surface area contributed by atoms with E-state index in [2.05, 4.69) is 17.4 Å². The molecule has 1 aromatic carbocycles. The highest BCUT2D eigenvalue weighted by Crippen LogP contribution is 2.41. The second-order valence-electron chi connectivity index (χ2n) is 4.60. The molecule has 0 heterocycles. The molecule has 16 heavy (non-hydrogen) atoms. The molecule has 0 bridgehead atoms. The first kappa shape index (κ1) is 11.2. The van der Waals surface area contributed by atoms with Gasteiger partial charge in [-0.25, -0.2) is 0 Å². The predicted octanol–water partition coefficient (Wildman–Crippen LogP) is 2.98. The highest BCUT2D eigenvalue weighted by Gasteiger charge is 2.39. The lowest BCUT2D eigenvalue weighted by molar-refractivity contribution is -0.124. The molecule has 0 spiro atoms. The van der Waals surface area contributed by atoms with Crippen molar-refractivity contribution in [1.29, 1.82) is 0 Å². The summed E-state index contributed by atoms with van der Waals surface area (Å²) < 4.78 is 0. The van der Waals surface area contributed by atoms with E-state index in [1.54, 1.807) is 0 Å². The van der Waals surface area contributed by atoms with Gasteiger partial charge in [-0.2, -0.15) is 0 Å². The third kappa shape index (κ3) is 2.11. The van der Waals surface area contributed by atoms with Crippen LogP contribution in [0.25, 0.3) is 0 Å². The summed E-state index contributed by atoms with van der Waals surface area (Å²) in [6, 6.07) is 10.3. The lowest BCUT2D eigenvalue weighted by Crippen LogP contribution is -2.50. The molecule has 1 amide bonds. The summed E-state index contributed by atoms with van der Waals surface area (Å²) in [6.45, 7) is 2.04. The maximum atomic E-state index is 11.7.